The van der Waals surface area contributed by atoms with Crippen LogP contribution in [0.3, 0.4) is 0 Å². The van der Waals surface area contributed by atoms with Crippen molar-refractivity contribution < 1.29 is 47.7 Å². The van der Waals surface area contributed by atoms with Crippen molar-refractivity contribution in [1.29, 1.82) is 5.26 Å². The molecule has 0 bridgehead atoms. The molecule has 0 amide bonds. The summed E-state index contributed by atoms with van der Waals surface area (Å²) >= 11 is 2.60. The third-order valence-corrected chi connectivity index (χ3v) is 11.1. The molecule has 278 valence electrons. The van der Waals surface area contributed by atoms with Gasteiger partial charge in [0, 0.05) is 22.8 Å². The SMILES string of the molecule is [C-]#[N+]/C(C#N)=C1/Sc2c(C)ccc(OC(=O)C3CCC(C(=O)Oc4ccc(CCOC(=O)CCC(=O)OCC(C)(C)COC(=O)C=C)cc4)CC3)c2S1. The van der Waals surface area contributed by atoms with Crippen molar-refractivity contribution in [1.82, 2.24) is 0 Å². The van der Waals surface area contributed by atoms with Crippen molar-refractivity contribution in [3.63, 3.8) is 0 Å². The van der Waals surface area contributed by atoms with Crippen LogP contribution in [0.2, 0.25) is 0 Å². The lowest BCUT2D eigenvalue weighted by Gasteiger charge is -2.26. The van der Waals surface area contributed by atoms with Gasteiger partial charge >= 0.3 is 29.8 Å². The van der Waals surface area contributed by atoms with Crippen molar-refractivity contribution >= 4 is 53.4 Å². The van der Waals surface area contributed by atoms with E-state index in [0.717, 1.165) is 27.0 Å². The molecule has 53 heavy (non-hydrogen) atoms. The second-order valence-corrected chi connectivity index (χ2v) is 15.5. The summed E-state index contributed by atoms with van der Waals surface area (Å²) in [6.45, 7) is 16.2. The maximum absolute atomic E-state index is 13.1. The Balaban J connectivity index is 1.14. The number of hydrogen-bond donors (Lipinski definition) is 0. The predicted molar refractivity (Wildman–Crippen MR) is 195 cm³/mol. The highest BCUT2D eigenvalue weighted by Crippen LogP contribution is 2.57. The molecule has 2 aromatic rings. The summed E-state index contributed by atoms with van der Waals surface area (Å²) in [7, 11) is 0. The van der Waals surface area contributed by atoms with Crippen LogP contribution in [0.1, 0.15) is 63.5 Å². The van der Waals surface area contributed by atoms with Crippen molar-refractivity contribution in [2.75, 3.05) is 19.8 Å². The van der Waals surface area contributed by atoms with E-state index in [1.54, 1.807) is 44.2 Å². The third-order valence-electron chi connectivity index (χ3n) is 8.40. The van der Waals surface area contributed by atoms with Crippen molar-refractivity contribution in [2.45, 2.75) is 75.5 Å². The molecule has 1 heterocycles. The zero-order valence-electron chi connectivity index (χ0n) is 29.8. The number of nitrogens with zero attached hydrogens (tertiary/aromatic N) is 2. The molecule has 0 atom stereocenters. The molecule has 0 unspecified atom stereocenters. The van der Waals surface area contributed by atoms with Gasteiger partial charge in [0.2, 0.25) is 0 Å². The maximum atomic E-state index is 13.1. The lowest BCUT2D eigenvalue weighted by molar-refractivity contribution is -0.154. The Hall–Kier alpha value is -5.05. The Morgan fingerprint density at radius 1 is 0.887 bits per heavy atom. The smallest absolute Gasteiger partial charge is 0.330 e. The standard InChI is InChI=1S/C39H40N2O10S2/c1-6-31(42)48-22-39(3,4)23-49-33(44)18-17-32(43)47-20-19-25-8-14-28(15-9-25)50-36(45)26-10-12-27(13-11-26)37(46)51-30-16-7-24(2)34-35(30)53-38(52-34)29(21-40)41-5/h6-9,14-16,26-27H,1,10-13,17-20,22-23H2,2-4H3/b38-29-. The van der Waals surface area contributed by atoms with E-state index >= 15 is 0 Å². The lowest BCUT2D eigenvalue weighted by atomic mass is 9.82. The van der Waals surface area contributed by atoms with E-state index < -0.39 is 23.3 Å². The second kappa shape index (κ2) is 19.1. The molecule has 1 aliphatic carbocycles. The molecule has 14 heteroatoms. The largest absolute Gasteiger partial charge is 0.465 e. The lowest BCUT2D eigenvalue weighted by Crippen LogP contribution is -2.30. The zero-order chi connectivity index (χ0) is 38.5. The number of aryl methyl sites for hydroxylation is 1. The van der Waals surface area contributed by atoms with E-state index in [2.05, 4.69) is 11.4 Å². The minimum Gasteiger partial charge on any atom is -0.465 e. The summed E-state index contributed by atoms with van der Waals surface area (Å²) in [5, 5.41) is 9.29. The van der Waals surface area contributed by atoms with Gasteiger partial charge in [0.25, 0.3) is 5.70 Å². The molecule has 0 radical (unpaired) electrons. The Morgan fingerprint density at radius 2 is 1.47 bits per heavy atom. The van der Waals surface area contributed by atoms with Gasteiger partial charge in [-0.2, -0.15) is 0 Å². The van der Waals surface area contributed by atoms with Crippen LogP contribution in [0, 0.1) is 42.1 Å². The summed E-state index contributed by atoms with van der Waals surface area (Å²) in [6.07, 6.45) is 3.10. The first-order chi connectivity index (χ1) is 25.3. The Morgan fingerprint density at radius 3 is 2.08 bits per heavy atom. The summed E-state index contributed by atoms with van der Waals surface area (Å²) in [4.78, 5) is 66.3. The highest BCUT2D eigenvalue weighted by molar-refractivity contribution is 8.24. The number of thioether (sulfide) groups is 2. The first-order valence-corrected chi connectivity index (χ1v) is 18.6. The molecule has 2 aromatic carbocycles. The van der Waals surface area contributed by atoms with Crippen LogP contribution in [-0.2, 0) is 44.6 Å². The van der Waals surface area contributed by atoms with Gasteiger partial charge in [-0.25, -0.2) is 14.9 Å². The quantitative estimate of drug-likeness (QED) is 0.0445. The first-order valence-electron chi connectivity index (χ1n) is 17.0. The highest BCUT2D eigenvalue weighted by atomic mass is 32.2. The molecule has 1 aliphatic heterocycles. The molecular weight excluding hydrogens is 721 g/mol. The van der Waals surface area contributed by atoms with Crippen LogP contribution in [0.25, 0.3) is 4.85 Å². The summed E-state index contributed by atoms with van der Waals surface area (Å²) < 4.78 is 27.4. The molecule has 0 saturated heterocycles. The Bertz CT molecular complexity index is 1830. The van der Waals surface area contributed by atoms with Gasteiger partial charge in [0.15, 0.2) is 0 Å². The number of esters is 5. The number of allylic oxidation sites excluding steroid dienone is 1. The van der Waals surface area contributed by atoms with E-state index in [1.165, 1.54) is 23.5 Å². The second-order valence-electron chi connectivity index (χ2n) is 13.2. The fourth-order valence-electron chi connectivity index (χ4n) is 5.32. The van der Waals surface area contributed by atoms with Gasteiger partial charge in [-0.3, -0.25) is 19.2 Å². The molecule has 4 rings (SSSR count). The minimum absolute atomic E-state index is 0.00688. The summed E-state index contributed by atoms with van der Waals surface area (Å²) in [6, 6.07) is 12.4. The number of carbonyl (C=O) groups is 5. The van der Waals surface area contributed by atoms with Crippen LogP contribution >= 0.6 is 23.5 Å². The number of ether oxygens (including phenoxy) is 5. The molecular formula is C39H40N2O10S2. The van der Waals surface area contributed by atoms with Crippen LogP contribution in [0.15, 0.2) is 68.8 Å². The van der Waals surface area contributed by atoms with Crippen LogP contribution in [-0.4, -0.2) is 49.7 Å². The highest BCUT2D eigenvalue weighted by Gasteiger charge is 2.34. The van der Waals surface area contributed by atoms with Gasteiger partial charge < -0.3 is 23.7 Å². The molecule has 2 aliphatic rings. The van der Waals surface area contributed by atoms with Gasteiger partial charge in [-0.1, -0.05) is 62.1 Å². The van der Waals surface area contributed by atoms with Crippen LogP contribution < -0.4 is 9.47 Å². The monoisotopic (exact) mass is 760 g/mol. The number of rotatable bonds is 15. The van der Waals surface area contributed by atoms with E-state index in [1.807, 2.05) is 19.1 Å². The van der Waals surface area contributed by atoms with E-state index in [9.17, 15) is 29.2 Å². The van der Waals surface area contributed by atoms with Gasteiger partial charge in [-0.05, 0) is 61.9 Å². The fourth-order valence-corrected chi connectivity index (χ4v) is 7.87. The van der Waals surface area contributed by atoms with Crippen LogP contribution in [0.5, 0.6) is 11.5 Å². The molecule has 0 spiro atoms. The number of nitriles is 1. The van der Waals surface area contributed by atoms with Gasteiger partial charge in [0.05, 0.1) is 66.3 Å². The van der Waals surface area contributed by atoms with Gasteiger partial charge in [0.1, 0.15) is 11.5 Å². The van der Waals surface area contributed by atoms with Crippen LogP contribution in [0.4, 0.5) is 0 Å². The summed E-state index contributed by atoms with van der Waals surface area (Å²) in [5.41, 5.74) is 1.23. The van der Waals surface area contributed by atoms with E-state index in [4.69, 9.17) is 30.3 Å². The normalized spacial score (nSPS) is 17.2. The average molecular weight is 761 g/mol. The topological polar surface area (TPSA) is 160 Å². The molecule has 12 nitrogen and oxygen atoms in total. The number of hydrogen-bond acceptors (Lipinski definition) is 13. The first kappa shape index (κ1) is 40.7. The number of fused-ring (bicyclic) bond motifs is 1. The molecule has 0 aromatic heterocycles. The molecule has 0 N–H and O–H groups in total. The fraction of sp³-hybridized carbons (Fsp3) is 0.410. The number of benzene rings is 2. The van der Waals surface area contributed by atoms with E-state index in [-0.39, 0.29) is 62.1 Å². The number of carbonyl (C=O) groups excluding carboxylic acids is 5. The Labute approximate surface area is 317 Å². The molecule has 1 saturated carbocycles. The predicted octanol–water partition coefficient (Wildman–Crippen LogP) is 7.29. The van der Waals surface area contributed by atoms with Gasteiger partial charge in [-0.15, -0.1) is 0 Å². The maximum Gasteiger partial charge on any atom is 0.330 e. The zero-order valence-corrected chi connectivity index (χ0v) is 31.4. The molecule has 1 fully saturated rings. The van der Waals surface area contributed by atoms with Crippen molar-refractivity contribution in [3.05, 3.63) is 81.5 Å². The minimum atomic E-state index is -0.597. The van der Waals surface area contributed by atoms with Crippen molar-refractivity contribution in [3.8, 4) is 17.6 Å². The average Bonchev–Trinajstić information content (AvgIpc) is 3.61. The third kappa shape index (κ3) is 12.0. The van der Waals surface area contributed by atoms with E-state index in [0.29, 0.717) is 47.8 Å². The Kier molecular flexibility index (Phi) is 14.7. The summed E-state index contributed by atoms with van der Waals surface area (Å²) in [5.74, 6) is -2.35. The van der Waals surface area contributed by atoms with Crippen molar-refractivity contribution in [2.24, 2.45) is 17.3 Å².